The molecule has 0 bridgehead atoms. The minimum atomic E-state index is -3.24. The van der Waals surface area contributed by atoms with Gasteiger partial charge in [-0.15, -0.1) is 0 Å². The monoisotopic (exact) mass is 435 g/mol. The molecule has 0 saturated carbocycles. The number of anilines is 1. The molecule has 1 aliphatic heterocycles. The van der Waals surface area contributed by atoms with E-state index in [4.69, 9.17) is 24.3 Å². The Morgan fingerprint density at radius 3 is 2.88 bits per heavy atom. The zero-order valence-electron chi connectivity index (χ0n) is 14.0. The van der Waals surface area contributed by atoms with E-state index in [0.29, 0.717) is 15.9 Å². The van der Waals surface area contributed by atoms with Crippen LogP contribution in [0.3, 0.4) is 0 Å². The molecule has 0 spiro atoms. The zero-order valence-corrected chi connectivity index (χ0v) is 16.6. The third kappa shape index (κ3) is 3.95. The van der Waals surface area contributed by atoms with E-state index in [9.17, 15) is 4.89 Å². The van der Waals surface area contributed by atoms with Crippen LogP contribution in [0, 0.1) is 0 Å². The minimum absolute atomic E-state index is 0.0831. The topological polar surface area (TPSA) is 127 Å². The first-order chi connectivity index (χ1) is 11.8. The number of halogens is 1. The normalized spacial score (nSPS) is 28.9. The van der Waals surface area contributed by atoms with Crippen molar-refractivity contribution in [1.29, 1.82) is 0 Å². The maximum atomic E-state index is 10.2. The molecule has 10 nitrogen and oxygen atoms in total. The molecule has 0 radical (unpaired) electrons. The second-order valence-corrected chi connectivity index (χ2v) is 8.90. The third-order valence-electron chi connectivity index (χ3n) is 3.81. The SMILES string of the molecule is B[PH]1(O)OC[C@H](OC)[C@H](n2c(Br)nc3c(N)ncnc32)O[C@@H](C)CO1. The molecule has 3 rings (SSSR count). The zero-order chi connectivity index (χ0) is 18.2. The first-order valence-corrected chi connectivity index (χ1v) is 10.7. The molecule has 3 atom stereocenters. The molecule has 3 N–H and O–H groups in total. The fourth-order valence-electron chi connectivity index (χ4n) is 2.53. The summed E-state index contributed by atoms with van der Waals surface area (Å²) in [6.07, 6.45) is -0.125. The van der Waals surface area contributed by atoms with E-state index in [0.717, 1.165) is 0 Å². The van der Waals surface area contributed by atoms with Crippen LogP contribution in [0.4, 0.5) is 5.82 Å². The first kappa shape index (κ1) is 18.9. The van der Waals surface area contributed by atoms with Gasteiger partial charge in [0, 0.05) is 0 Å². The molecule has 1 fully saturated rings. The average Bonchev–Trinajstić information content (AvgIpc) is 2.91. The van der Waals surface area contributed by atoms with Crippen LogP contribution < -0.4 is 5.73 Å². The summed E-state index contributed by atoms with van der Waals surface area (Å²) in [5.41, 5.74) is 6.85. The van der Waals surface area contributed by atoms with Crippen molar-refractivity contribution < 1.29 is 23.4 Å². The van der Waals surface area contributed by atoms with Crippen molar-refractivity contribution in [3.8, 4) is 0 Å². The molecule has 0 aliphatic carbocycles. The van der Waals surface area contributed by atoms with Gasteiger partial charge in [-0.1, -0.05) is 0 Å². The van der Waals surface area contributed by atoms with E-state index in [1.807, 2.05) is 6.92 Å². The number of methoxy groups -OCH3 is 1. The number of nitrogens with zero attached hydrogens (tertiary/aromatic N) is 4. The van der Waals surface area contributed by atoms with E-state index < -0.39 is 20.2 Å². The van der Waals surface area contributed by atoms with Crippen molar-refractivity contribution in [3.63, 3.8) is 0 Å². The molecule has 0 aromatic carbocycles. The fraction of sp³-hybridized carbons (Fsp3) is 0.583. The van der Waals surface area contributed by atoms with Crippen molar-refractivity contribution in [1.82, 2.24) is 19.5 Å². The van der Waals surface area contributed by atoms with Crippen molar-refractivity contribution in [2.24, 2.45) is 0 Å². The molecule has 0 unspecified atom stereocenters. The second-order valence-electron chi connectivity index (χ2n) is 5.81. The van der Waals surface area contributed by atoms with E-state index in [1.165, 1.54) is 6.33 Å². The molecule has 2 aromatic rings. The average molecular weight is 436 g/mol. The number of hydrogen-bond acceptors (Lipinski definition) is 9. The Balaban J connectivity index is 2.06. The van der Waals surface area contributed by atoms with Gasteiger partial charge in [-0.2, -0.15) is 0 Å². The van der Waals surface area contributed by atoms with Gasteiger partial charge in [0.15, 0.2) is 0 Å². The molecule has 138 valence electrons. The summed E-state index contributed by atoms with van der Waals surface area (Å²) < 4.78 is 24.9. The van der Waals surface area contributed by atoms with E-state index >= 15 is 0 Å². The Labute approximate surface area is 154 Å². The second kappa shape index (κ2) is 7.39. The number of nitrogen functional groups attached to an aromatic ring is 1. The van der Waals surface area contributed by atoms with Gasteiger partial charge < -0.3 is 0 Å². The molecule has 1 saturated heterocycles. The predicted molar refractivity (Wildman–Crippen MR) is 98.8 cm³/mol. The van der Waals surface area contributed by atoms with Crippen molar-refractivity contribution in [2.75, 3.05) is 26.1 Å². The van der Waals surface area contributed by atoms with Crippen LogP contribution in [0.15, 0.2) is 11.1 Å². The van der Waals surface area contributed by atoms with Gasteiger partial charge in [0.1, 0.15) is 0 Å². The summed E-state index contributed by atoms with van der Waals surface area (Å²) in [4.78, 5) is 22.8. The number of nitrogens with two attached hydrogens (primary N) is 1. The Morgan fingerprint density at radius 2 is 2.16 bits per heavy atom. The van der Waals surface area contributed by atoms with Crippen molar-refractivity contribution >= 4 is 48.3 Å². The van der Waals surface area contributed by atoms with Crippen LogP contribution in [0.5, 0.6) is 0 Å². The Kier molecular flexibility index (Phi) is 5.59. The van der Waals surface area contributed by atoms with Crippen LogP contribution in [-0.2, 0) is 18.5 Å². The number of imidazole rings is 1. The van der Waals surface area contributed by atoms with Gasteiger partial charge in [0.2, 0.25) is 0 Å². The molecule has 1 aliphatic rings. The van der Waals surface area contributed by atoms with E-state index in [2.05, 4.69) is 30.9 Å². The van der Waals surface area contributed by atoms with Crippen molar-refractivity contribution in [2.45, 2.75) is 25.4 Å². The standard InChI is InChI=1S/C12H20BBrN5O5P/c1-6-3-22-25(13,20)23-4-7(21-2)11(24-6)19-10-8(18-12(19)14)9(15)16-5-17-10/h5-7,11,20,25H,3-4,13H2,1-2H3,(H2,15,16,17)/t6-,7-,11+/m0/s1. The van der Waals surface area contributed by atoms with Gasteiger partial charge >= 0.3 is 154 Å². The molecular formula is C12H20BBrN5O5P. The Morgan fingerprint density at radius 1 is 1.44 bits per heavy atom. The predicted octanol–water partition coefficient (Wildman–Crippen LogP) is 0.172. The number of hydrogen-bond donors (Lipinski definition) is 2. The van der Waals surface area contributed by atoms with Gasteiger partial charge in [-0.25, -0.2) is 0 Å². The number of fused-ring (bicyclic) bond motifs is 1. The maximum absolute atomic E-state index is 10.2. The quantitative estimate of drug-likeness (QED) is 0.385. The number of ether oxygens (including phenoxy) is 2. The molecule has 13 heteroatoms. The summed E-state index contributed by atoms with van der Waals surface area (Å²) in [7, 11) is -0.137. The summed E-state index contributed by atoms with van der Waals surface area (Å²) in [6.45, 7) is 2.11. The van der Waals surface area contributed by atoms with Crippen LogP contribution in [0.25, 0.3) is 11.2 Å². The molecular weight excluding hydrogens is 416 g/mol. The Hall–Kier alpha value is -0.875. The summed E-state index contributed by atoms with van der Waals surface area (Å²) >= 11 is 3.42. The number of aromatic nitrogens is 4. The number of rotatable bonds is 2. The van der Waals surface area contributed by atoms with E-state index in [1.54, 1.807) is 19.2 Å². The molecule has 2 aromatic heterocycles. The first-order valence-electron chi connectivity index (χ1n) is 7.65. The summed E-state index contributed by atoms with van der Waals surface area (Å²) in [6, 6.07) is 0. The molecule has 3 heterocycles. The summed E-state index contributed by atoms with van der Waals surface area (Å²) in [5.74, 6) is 0.268. The van der Waals surface area contributed by atoms with Gasteiger partial charge in [-0.05, 0) is 0 Å². The van der Waals surface area contributed by atoms with E-state index in [-0.39, 0.29) is 25.1 Å². The van der Waals surface area contributed by atoms with Crippen LogP contribution in [-0.4, -0.2) is 64.5 Å². The fourth-order valence-corrected chi connectivity index (χ4v) is 4.18. The van der Waals surface area contributed by atoms with Gasteiger partial charge in [-0.3, -0.25) is 0 Å². The van der Waals surface area contributed by atoms with Crippen LogP contribution in [0.1, 0.15) is 13.2 Å². The van der Waals surface area contributed by atoms with Crippen LogP contribution >= 0.6 is 23.8 Å². The van der Waals surface area contributed by atoms with Crippen molar-refractivity contribution in [3.05, 3.63) is 11.1 Å². The van der Waals surface area contributed by atoms with Crippen LogP contribution in [0.2, 0.25) is 0 Å². The van der Waals surface area contributed by atoms with Gasteiger partial charge in [0.25, 0.3) is 0 Å². The third-order valence-corrected chi connectivity index (χ3v) is 5.77. The van der Waals surface area contributed by atoms with Gasteiger partial charge in [0.05, 0.1) is 0 Å². The summed E-state index contributed by atoms with van der Waals surface area (Å²) in [5, 5.41) is 0. The molecule has 25 heavy (non-hydrogen) atoms. The Bertz CT molecular complexity index is 765. The molecule has 0 amide bonds.